The standard InChI is InChI=1S/C18H19NO2/c1-12-8-14-4-3-5-15(18(14)19-11-12)9-13-6-7-16(20)17(10-13)21-2/h6-11,20H,3-5H2,1-2H3/b15-9+. The van der Waals surface area contributed by atoms with Crippen molar-refractivity contribution in [1.82, 2.24) is 4.98 Å². The van der Waals surface area contributed by atoms with Gasteiger partial charge < -0.3 is 9.84 Å². The summed E-state index contributed by atoms with van der Waals surface area (Å²) in [4.78, 5) is 4.61. The molecule has 1 aromatic heterocycles. The number of benzene rings is 1. The van der Waals surface area contributed by atoms with Gasteiger partial charge in [0.2, 0.25) is 0 Å². The molecule has 0 unspecified atom stereocenters. The van der Waals surface area contributed by atoms with Gasteiger partial charge in [-0.05, 0) is 66.7 Å². The Kier molecular flexibility index (Phi) is 3.65. The molecule has 0 fully saturated rings. The molecule has 2 aromatic rings. The first-order valence-electron chi connectivity index (χ1n) is 7.21. The van der Waals surface area contributed by atoms with Crippen LogP contribution in [-0.2, 0) is 6.42 Å². The molecule has 3 nitrogen and oxygen atoms in total. The monoisotopic (exact) mass is 281 g/mol. The van der Waals surface area contributed by atoms with Gasteiger partial charge in [-0.25, -0.2) is 0 Å². The van der Waals surface area contributed by atoms with Crippen LogP contribution in [0.4, 0.5) is 0 Å². The number of fused-ring (bicyclic) bond motifs is 1. The molecular formula is C18H19NO2. The number of aromatic hydroxyl groups is 1. The topological polar surface area (TPSA) is 42.4 Å². The number of allylic oxidation sites excluding steroid dienone is 1. The zero-order valence-corrected chi connectivity index (χ0v) is 12.4. The molecule has 0 bridgehead atoms. The van der Waals surface area contributed by atoms with Crippen LogP contribution in [0.15, 0.2) is 30.5 Å². The fraction of sp³-hybridized carbons (Fsp3) is 0.278. The Hall–Kier alpha value is -2.29. The largest absolute Gasteiger partial charge is 0.504 e. The molecule has 0 aliphatic heterocycles. The third-order valence-corrected chi connectivity index (χ3v) is 3.84. The number of pyridine rings is 1. The van der Waals surface area contributed by atoms with E-state index in [4.69, 9.17) is 4.74 Å². The van der Waals surface area contributed by atoms with Crippen LogP contribution in [-0.4, -0.2) is 17.2 Å². The first kappa shape index (κ1) is 13.7. The van der Waals surface area contributed by atoms with Crippen LogP contribution >= 0.6 is 0 Å². The highest BCUT2D eigenvalue weighted by Gasteiger charge is 2.15. The van der Waals surface area contributed by atoms with Crippen molar-refractivity contribution in [3.63, 3.8) is 0 Å². The Morgan fingerprint density at radius 3 is 2.90 bits per heavy atom. The van der Waals surface area contributed by atoms with E-state index in [9.17, 15) is 5.11 Å². The summed E-state index contributed by atoms with van der Waals surface area (Å²) in [5.74, 6) is 0.662. The SMILES string of the molecule is COc1cc(/C=C2\CCCc3cc(C)cnc32)ccc1O. The Bertz CT molecular complexity index is 704. The molecule has 0 amide bonds. The molecule has 1 N–H and O–H groups in total. The second-order valence-corrected chi connectivity index (χ2v) is 5.47. The normalized spacial score (nSPS) is 15.8. The average molecular weight is 281 g/mol. The van der Waals surface area contributed by atoms with Crippen molar-refractivity contribution in [2.24, 2.45) is 0 Å². The lowest BCUT2D eigenvalue weighted by molar-refractivity contribution is 0.373. The molecule has 0 radical (unpaired) electrons. The predicted molar refractivity (Wildman–Crippen MR) is 84.4 cm³/mol. The summed E-state index contributed by atoms with van der Waals surface area (Å²) in [7, 11) is 1.56. The molecule has 3 rings (SSSR count). The zero-order valence-electron chi connectivity index (χ0n) is 12.4. The highest BCUT2D eigenvalue weighted by molar-refractivity contribution is 5.82. The van der Waals surface area contributed by atoms with E-state index in [2.05, 4.69) is 24.1 Å². The second kappa shape index (κ2) is 5.60. The minimum Gasteiger partial charge on any atom is -0.504 e. The number of hydrogen-bond donors (Lipinski definition) is 1. The Labute approximate surface area is 124 Å². The van der Waals surface area contributed by atoms with Crippen molar-refractivity contribution in [3.8, 4) is 11.5 Å². The van der Waals surface area contributed by atoms with Crippen molar-refractivity contribution < 1.29 is 9.84 Å². The molecule has 21 heavy (non-hydrogen) atoms. The molecule has 0 saturated carbocycles. The molecule has 108 valence electrons. The molecule has 0 saturated heterocycles. The van der Waals surface area contributed by atoms with Crippen LogP contribution in [0.1, 0.15) is 35.2 Å². The predicted octanol–water partition coefficient (Wildman–Crippen LogP) is 3.98. The van der Waals surface area contributed by atoms with Crippen LogP contribution in [0.5, 0.6) is 11.5 Å². The minimum atomic E-state index is 0.164. The number of aryl methyl sites for hydroxylation is 2. The van der Waals surface area contributed by atoms with Gasteiger partial charge in [0.15, 0.2) is 11.5 Å². The van der Waals surface area contributed by atoms with Gasteiger partial charge in [-0.1, -0.05) is 12.1 Å². The van der Waals surface area contributed by atoms with Crippen molar-refractivity contribution in [1.29, 1.82) is 0 Å². The number of rotatable bonds is 2. The molecule has 0 atom stereocenters. The first-order valence-corrected chi connectivity index (χ1v) is 7.21. The van der Waals surface area contributed by atoms with Gasteiger partial charge in [-0.15, -0.1) is 0 Å². The number of nitrogens with zero attached hydrogens (tertiary/aromatic N) is 1. The van der Waals surface area contributed by atoms with Crippen LogP contribution in [0.3, 0.4) is 0 Å². The van der Waals surface area contributed by atoms with E-state index in [0.717, 1.165) is 30.5 Å². The summed E-state index contributed by atoms with van der Waals surface area (Å²) in [6.07, 6.45) is 7.35. The fourth-order valence-electron chi connectivity index (χ4n) is 2.82. The number of hydrogen-bond acceptors (Lipinski definition) is 3. The quantitative estimate of drug-likeness (QED) is 0.905. The van der Waals surface area contributed by atoms with Crippen molar-refractivity contribution >= 4 is 11.6 Å². The minimum absolute atomic E-state index is 0.164. The van der Waals surface area contributed by atoms with E-state index >= 15 is 0 Å². The maximum absolute atomic E-state index is 9.67. The molecule has 3 heteroatoms. The highest BCUT2D eigenvalue weighted by Crippen LogP contribution is 2.33. The van der Waals surface area contributed by atoms with Crippen LogP contribution < -0.4 is 4.74 Å². The zero-order chi connectivity index (χ0) is 14.8. The molecular weight excluding hydrogens is 262 g/mol. The van der Waals surface area contributed by atoms with Crippen molar-refractivity contribution in [2.75, 3.05) is 7.11 Å². The van der Waals surface area contributed by atoms with E-state index in [1.807, 2.05) is 18.3 Å². The number of ether oxygens (including phenoxy) is 1. The maximum atomic E-state index is 9.67. The lowest BCUT2D eigenvalue weighted by Gasteiger charge is -2.18. The maximum Gasteiger partial charge on any atom is 0.161 e. The lowest BCUT2D eigenvalue weighted by atomic mass is 9.89. The van der Waals surface area contributed by atoms with Crippen LogP contribution in [0.25, 0.3) is 11.6 Å². The van der Waals surface area contributed by atoms with Crippen LogP contribution in [0.2, 0.25) is 0 Å². The van der Waals surface area contributed by atoms with Gasteiger partial charge >= 0.3 is 0 Å². The number of phenols is 1. The summed E-state index contributed by atoms with van der Waals surface area (Å²) in [5, 5.41) is 9.67. The van der Waals surface area contributed by atoms with E-state index in [1.165, 1.54) is 16.7 Å². The lowest BCUT2D eigenvalue weighted by Crippen LogP contribution is -2.04. The van der Waals surface area contributed by atoms with Crippen molar-refractivity contribution in [2.45, 2.75) is 26.2 Å². The van der Waals surface area contributed by atoms with Gasteiger partial charge in [0, 0.05) is 6.20 Å². The number of methoxy groups -OCH3 is 1. The molecule has 1 aromatic carbocycles. The summed E-state index contributed by atoms with van der Waals surface area (Å²) < 4.78 is 5.17. The molecule has 1 aliphatic rings. The summed E-state index contributed by atoms with van der Waals surface area (Å²) in [6, 6.07) is 7.64. The Morgan fingerprint density at radius 1 is 1.24 bits per heavy atom. The van der Waals surface area contributed by atoms with Gasteiger partial charge in [-0.2, -0.15) is 0 Å². The highest BCUT2D eigenvalue weighted by atomic mass is 16.5. The molecule has 1 aliphatic carbocycles. The summed E-state index contributed by atoms with van der Waals surface area (Å²) >= 11 is 0. The van der Waals surface area contributed by atoms with E-state index < -0.39 is 0 Å². The second-order valence-electron chi connectivity index (χ2n) is 5.47. The van der Waals surface area contributed by atoms with E-state index in [1.54, 1.807) is 13.2 Å². The number of aromatic nitrogens is 1. The van der Waals surface area contributed by atoms with Crippen molar-refractivity contribution in [3.05, 3.63) is 52.8 Å². The molecule has 0 spiro atoms. The first-order chi connectivity index (χ1) is 10.2. The third-order valence-electron chi connectivity index (χ3n) is 3.84. The summed E-state index contributed by atoms with van der Waals surface area (Å²) in [6.45, 7) is 2.08. The van der Waals surface area contributed by atoms with Gasteiger partial charge in [-0.3, -0.25) is 4.98 Å². The van der Waals surface area contributed by atoms with Crippen LogP contribution in [0, 0.1) is 6.92 Å². The van der Waals surface area contributed by atoms with Gasteiger partial charge in [0.05, 0.1) is 12.8 Å². The van der Waals surface area contributed by atoms with Gasteiger partial charge in [0.1, 0.15) is 0 Å². The Morgan fingerprint density at radius 2 is 2.10 bits per heavy atom. The summed E-state index contributed by atoms with van der Waals surface area (Å²) in [5.41, 5.74) is 5.93. The Balaban J connectivity index is 2.02. The average Bonchev–Trinajstić information content (AvgIpc) is 2.49. The fourth-order valence-corrected chi connectivity index (χ4v) is 2.82. The number of phenolic OH excluding ortho intramolecular Hbond substituents is 1. The van der Waals surface area contributed by atoms with Gasteiger partial charge in [0.25, 0.3) is 0 Å². The molecule has 1 heterocycles. The third kappa shape index (κ3) is 2.77. The van der Waals surface area contributed by atoms with E-state index in [-0.39, 0.29) is 5.75 Å². The smallest absolute Gasteiger partial charge is 0.161 e. The van der Waals surface area contributed by atoms with E-state index in [0.29, 0.717) is 5.75 Å².